The lowest BCUT2D eigenvalue weighted by atomic mass is 10.1. The van der Waals surface area contributed by atoms with Crippen molar-refractivity contribution in [2.75, 3.05) is 10.6 Å². The number of amides is 3. The topological polar surface area (TPSA) is 141 Å². The van der Waals surface area contributed by atoms with E-state index in [0.717, 1.165) is 5.56 Å². The number of nitrogens with two attached hydrogens (primary N) is 1. The van der Waals surface area contributed by atoms with E-state index >= 15 is 0 Å². The number of benzene rings is 3. The van der Waals surface area contributed by atoms with Gasteiger partial charge in [-0.2, -0.15) is 5.10 Å². The third-order valence-electron chi connectivity index (χ3n) is 5.36. The summed E-state index contributed by atoms with van der Waals surface area (Å²) in [6.07, 6.45) is 2.84. The highest BCUT2D eigenvalue weighted by molar-refractivity contribution is 6.04. The quantitative estimate of drug-likeness (QED) is 0.332. The maximum Gasteiger partial charge on any atom is 0.255 e. The molecule has 1 unspecified atom stereocenters. The lowest BCUT2D eigenvalue weighted by Crippen LogP contribution is -2.24. The summed E-state index contributed by atoms with van der Waals surface area (Å²) in [6, 6.07) is 20.0. The molecule has 0 spiro atoms. The summed E-state index contributed by atoms with van der Waals surface area (Å²) in [7, 11) is 0. The molecule has 0 fully saturated rings. The molecule has 0 aliphatic carbocycles. The molecule has 36 heavy (non-hydrogen) atoms. The molecule has 4 aromatic rings. The van der Waals surface area contributed by atoms with E-state index in [1.807, 2.05) is 6.07 Å². The van der Waals surface area contributed by atoms with E-state index < -0.39 is 11.9 Å². The van der Waals surface area contributed by atoms with Gasteiger partial charge in [0.1, 0.15) is 31.1 Å². The van der Waals surface area contributed by atoms with Gasteiger partial charge >= 0.3 is 0 Å². The molecule has 10 heteroatoms. The summed E-state index contributed by atoms with van der Waals surface area (Å²) in [4.78, 5) is 40.6. The van der Waals surface area contributed by atoms with Crippen LogP contribution in [-0.2, 0) is 11.4 Å². The fourth-order valence-corrected chi connectivity index (χ4v) is 3.38. The monoisotopic (exact) mass is 484 g/mol. The number of primary amides is 1. The first-order valence-corrected chi connectivity index (χ1v) is 11.1. The Balaban J connectivity index is 1.35. The zero-order valence-corrected chi connectivity index (χ0v) is 19.4. The molecule has 3 amide bonds. The van der Waals surface area contributed by atoms with Crippen molar-refractivity contribution in [1.29, 1.82) is 0 Å². The van der Waals surface area contributed by atoms with E-state index in [0.29, 0.717) is 28.3 Å². The molecule has 0 saturated carbocycles. The van der Waals surface area contributed by atoms with Crippen molar-refractivity contribution in [3.63, 3.8) is 0 Å². The molecule has 182 valence electrons. The number of nitrogens with one attached hydrogen (secondary N) is 2. The molecule has 10 nitrogen and oxygen atoms in total. The Bertz CT molecular complexity index is 1370. The minimum atomic E-state index is -0.575. The summed E-state index contributed by atoms with van der Waals surface area (Å²) >= 11 is 0. The van der Waals surface area contributed by atoms with E-state index in [9.17, 15) is 14.4 Å². The lowest BCUT2D eigenvalue weighted by molar-refractivity contribution is -0.119. The third kappa shape index (κ3) is 5.92. The van der Waals surface area contributed by atoms with Gasteiger partial charge in [-0.3, -0.25) is 14.4 Å². The highest BCUT2D eigenvalue weighted by Gasteiger charge is 2.16. The fraction of sp³-hybridized carbons (Fsp3) is 0.115. The van der Waals surface area contributed by atoms with Crippen LogP contribution in [0.2, 0.25) is 0 Å². The molecule has 3 aromatic carbocycles. The van der Waals surface area contributed by atoms with E-state index in [-0.39, 0.29) is 18.4 Å². The highest BCUT2D eigenvalue weighted by atomic mass is 16.5. The predicted molar refractivity (Wildman–Crippen MR) is 133 cm³/mol. The van der Waals surface area contributed by atoms with E-state index in [2.05, 4.69) is 20.7 Å². The molecule has 0 bridgehead atoms. The number of aromatic nitrogens is 3. The number of hydrogen-bond acceptors (Lipinski definition) is 6. The molecule has 1 aromatic heterocycles. The van der Waals surface area contributed by atoms with E-state index in [4.69, 9.17) is 10.5 Å². The van der Waals surface area contributed by atoms with Crippen molar-refractivity contribution in [2.45, 2.75) is 19.6 Å². The van der Waals surface area contributed by atoms with Crippen LogP contribution in [-0.4, -0.2) is 32.5 Å². The number of nitrogens with zero attached hydrogens (tertiary/aromatic N) is 3. The molecule has 0 aliphatic rings. The first kappa shape index (κ1) is 24.1. The molecule has 4 rings (SSSR count). The molecule has 4 N–H and O–H groups in total. The zero-order chi connectivity index (χ0) is 25.5. The van der Waals surface area contributed by atoms with Crippen LogP contribution >= 0.6 is 0 Å². The Labute approximate surface area is 207 Å². The Morgan fingerprint density at radius 1 is 0.972 bits per heavy atom. The second-order valence-corrected chi connectivity index (χ2v) is 7.92. The van der Waals surface area contributed by atoms with Crippen LogP contribution in [0.1, 0.15) is 39.2 Å². The van der Waals surface area contributed by atoms with Gasteiger partial charge in [-0.15, -0.1) is 0 Å². The molecule has 0 radical (unpaired) electrons. The van der Waals surface area contributed by atoms with Crippen molar-refractivity contribution in [1.82, 2.24) is 14.8 Å². The zero-order valence-electron chi connectivity index (χ0n) is 19.4. The second kappa shape index (κ2) is 11.0. The smallest absolute Gasteiger partial charge is 0.255 e. The van der Waals surface area contributed by atoms with Gasteiger partial charge in [0, 0.05) is 16.9 Å². The van der Waals surface area contributed by atoms with Gasteiger partial charge in [-0.05, 0) is 61.0 Å². The lowest BCUT2D eigenvalue weighted by Gasteiger charge is -2.13. The average Bonchev–Trinajstić information content (AvgIpc) is 3.43. The number of ether oxygens (including phenoxy) is 1. The minimum absolute atomic E-state index is 0.160. The first-order chi connectivity index (χ1) is 17.4. The molecule has 1 atom stereocenters. The van der Waals surface area contributed by atoms with E-state index in [1.54, 1.807) is 73.7 Å². The number of hydrogen-bond donors (Lipinski definition) is 3. The Kier molecular flexibility index (Phi) is 7.35. The minimum Gasteiger partial charge on any atom is -0.488 e. The van der Waals surface area contributed by atoms with E-state index in [1.165, 1.54) is 17.3 Å². The highest BCUT2D eigenvalue weighted by Crippen LogP contribution is 2.20. The average molecular weight is 485 g/mol. The number of anilines is 2. The molecular formula is C26H24N6O4. The van der Waals surface area contributed by atoms with Crippen LogP contribution in [0, 0.1) is 0 Å². The SMILES string of the molecule is CC(C(=O)Nc1ccc(NC(=O)c2cccc(COc3ccccc3C(N)=O)c2)cc1)n1cncn1. The van der Waals surface area contributed by atoms with Gasteiger partial charge < -0.3 is 21.1 Å². The van der Waals surface area contributed by atoms with Gasteiger partial charge in [-0.1, -0.05) is 24.3 Å². The standard InChI is InChI=1S/C26H24N6O4/c1-17(32-16-28-15-29-32)25(34)30-20-9-11-21(12-10-20)31-26(35)19-6-4-5-18(13-19)14-36-23-8-3-2-7-22(23)24(27)33/h2-13,15-17H,14H2,1H3,(H2,27,33)(H,30,34)(H,31,35). The van der Waals surface area contributed by atoms with Crippen LogP contribution in [0.4, 0.5) is 11.4 Å². The van der Waals surface area contributed by atoms with Gasteiger partial charge in [0.05, 0.1) is 5.56 Å². The van der Waals surface area contributed by atoms with Crippen molar-refractivity contribution >= 4 is 29.1 Å². The summed E-state index contributed by atoms with van der Waals surface area (Å²) in [5, 5.41) is 9.61. The Hall–Kier alpha value is -4.99. The van der Waals surface area contributed by atoms with Gasteiger partial charge in [0.25, 0.3) is 11.8 Å². The second-order valence-electron chi connectivity index (χ2n) is 7.92. The summed E-state index contributed by atoms with van der Waals surface area (Å²) in [5.41, 5.74) is 8.03. The molecule has 1 heterocycles. The molecule has 0 saturated heterocycles. The van der Waals surface area contributed by atoms with Gasteiger partial charge in [-0.25, -0.2) is 9.67 Å². The Morgan fingerprint density at radius 2 is 1.69 bits per heavy atom. The summed E-state index contributed by atoms with van der Waals surface area (Å²) in [5.74, 6) is -0.738. The largest absolute Gasteiger partial charge is 0.488 e. The number of rotatable bonds is 9. The van der Waals surface area contributed by atoms with Crippen LogP contribution in [0.5, 0.6) is 5.75 Å². The summed E-state index contributed by atoms with van der Waals surface area (Å²) < 4.78 is 7.20. The maximum atomic E-state index is 12.8. The summed E-state index contributed by atoms with van der Waals surface area (Å²) in [6.45, 7) is 1.88. The maximum absolute atomic E-state index is 12.8. The van der Waals surface area contributed by atoms with Crippen LogP contribution < -0.4 is 21.1 Å². The Morgan fingerprint density at radius 3 is 2.39 bits per heavy atom. The van der Waals surface area contributed by atoms with Crippen molar-refractivity contribution in [3.05, 3.63) is 102 Å². The molecule has 0 aliphatic heterocycles. The third-order valence-corrected chi connectivity index (χ3v) is 5.36. The van der Waals surface area contributed by atoms with Gasteiger partial charge in [0.15, 0.2) is 0 Å². The fourth-order valence-electron chi connectivity index (χ4n) is 3.38. The van der Waals surface area contributed by atoms with Crippen LogP contribution in [0.3, 0.4) is 0 Å². The van der Waals surface area contributed by atoms with Crippen molar-refractivity contribution < 1.29 is 19.1 Å². The van der Waals surface area contributed by atoms with Crippen LogP contribution in [0.15, 0.2) is 85.5 Å². The van der Waals surface area contributed by atoms with Gasteiger partial charge in [0.2, 0.25) is 5.91 Å². The van der Waals surface area contributed by atoms with Crippen molar-refractivity contribution in [2.24, 2.45) is 5.73 Å². The number of carbonyl (C=O) groups excluding carboxylic acids is 3. The number of carbonyl (C=O) groups is 3. The van der Waals surface area contributed by atoms with Crippen LogP contribution in [0.25, 0.3) is 0 Å². The molecular weight excluding hydrogens is 460 g/mol. The van der Waals surface area contributed by atoms with Crippen molar-refractivity contribution in [3.8, 4) is 5.75 Å². The number of para-hydroxylation sites is 1. The predicted octanol–water partition coefficient (Wildman–Crippen LogP) is 3.41. The normalized spacial score (nSPS) is 11.4. The first-order valence-electron chi connectivity index (χ1n) is 11.1.